The Labute approximate surface area is 324 Å². The van der Waals surface area contributed by atoms with Crippen LogP contribution < -0.4 is 5.32 Å². The van der Waals surface area contributed by atoms with Crippen molar-refractivity contribution < 1.29 is 0 Å². The molecular formula is C52H36N4. The predicted octanol–water partition coefficient (Wildman–Crippen LogP) is 13.0. The average molecular weight is 717 g/mol. The minimum Gasteiger partial charge on any atom is -0.345 e. The first-order chi connectivity index (χ1) is 27.8. The summed E-state index contributed by atoms with van der Waals surface area (Å²) in [6.07, 6.45) is 4.10. The summed E-state index contributed by atoms with van der Waals surface area (Å²) < 4.78 is 4.64. The molecule has 10 aromatic rings. The van der Waals surface area contributed by atoms with Crippen LogP contribution in [0.3, 0.4) is 0 Å². The van der Waals surface area contributed by atoms with E-state index in [0.29, 0.717) is 0 Å². The first kappa shape index (κ1) is 32.0. The van der Waals surface area contributed by atoms with Gasteiger partial charge in [-0.1, -0.05) is 127 Å². The Hall–Kier alpha value is -7.43. The fourth-order valence-corrected chi connectivity index (χ4v) is 8.56. The fraction of sp³-hybridized carbons (Fsp3) is 0.0192. The van der Waals surface area contributed by atoms with Crippen molar-refractivity contribution >= 4 is 49.6 Å². The van der Waals surface area contributed by atoms with Crippen LogP contribution in [0.15, 0.2) is 211 Å². The van der Waals surface area contributed by atoms with Crippen molar-refractivity contribution in [3.05, 3.63) is 212 Å². The molecule has 3 heterocycles. The first-order valence-corrected chi connectivity index (χ1v) is 19.2. The summed E-state index contributed by atoms with van der Waals surface area (Å²) in [5.74, 6) is 0.804. The molecule has 0 fully saturated rings. The van der Waals surface area contributed by atoms with E-state index < -0.39 is 0 Å². The summed E-state index contributed by atoms with van der Waals surface area (Å²) in [4.78, 5) is 4.97. The van der Waals surface area contributed by atoms with Crippen molar-refractivity contribution in [1.82, 2.24) is 14.5 Å². The van der Waals surface area contributed by atoms with Crippen LogP contribution >= 0.6 is 0 Å². The summed E-state index contributed by atoms with van der Waals surface area (Å²) in [5.41, 5.74) is 14.1. The Morgan fingerprint density at radius 1 is 0.375 bits per heavy atom. The number of nitrogens with zero attached hydrogens (tertiary/aromatic N) is 3. The van der Waals surface area contributed by atoms with Gasteiger partial charge in [0, 0.05) is 33.4 Å². The molecule has 0 spiro atoms. The van der Waals surface area contributed by atoms with Gasteiger partial charge >= 0.3 is 0 Å². The molecule has 2 aromatic heterocycles. The van der Waals surface area contributed by atoms with Crippen molar-refractivity contribution in [2.24, 2.45) is 4.99 Å². The monoisotopic (exact) mass is 716 g/mol. The Morgan fingerprint density at radius 3 is 1.45 bits per heavy atom. The molecule has 0 amide bonds. The fourth-order valence-electron chi connectivity index (χ4n) is 8.56. The van der Waals surface area contributed by atoms with Gasteiger partial charge in [0.05, 0.1) is 28.1 Å². The highest BCUT2D eigenvalue weighted by Gasteiger charge is 2.22. The van der Waals surface area contributed by atoms with Gasteiger partial charge in [-0.05, 0) is 112 Å². The van der Waals surface area contributed by atoms with Gasteiger partial charge in [0.2, 0.25) is 5.96 Å². The molecule has 0 aliphatic carbocycles. The SMILES string of the molecule is C1=CC(c2cc(-c3ccccc3)cc(-c3ccccc3)c2)NC(n2c3ccccc3c3cc(-c4ccc5c(c4)c4ccccc4n5-c4ccccc4)ccc32)=N1. The molecule has 8 aromatic carbocycles. The maximum Gasteiger partial charge on any atom is 0.208 e. The van der Waals surface area contributed by atoms with Gasteiger partial charge in [-0.2, -0.15) is 0 Å². The minimum absolute atomic E-state index is 0.0751. The third kappa shape index (κ3) is 5.34. The second kappa shape index (κ2) is 13.2. The quantitative estimate of drug-likeness (QED) is 0.189. The smallest absolute Gasteiger partial charge is 0.208 e. The molecule has 56 heavy (non-hydrogen) atoms. The van der Waals surface area contributed by atoms with Gasteiger partial charge < -0.3 is 9.88 Å². The molecule has 264 valence electrons. The largest absolute Gasteiger partial charge is 0.345 e. The molecule has 0 bridgehead atoms. The number of para-hydroxylation sites is 3. The maximum absolute atomic E-state index is 4.97. The zero-order valence-electron chi connectivity index (χ0n) is 30.5. The van der Waals surface area contributed by atoms with Gasteiger partial charge in [-0.25, -0.2) is 4.99 Å². The molecule has 1 aliphatic rings. The molecule has 1 unspecified atom stereocenters. The van der Waals surface area contributed by atoms with Crippen LogP contribution in [0.2, 0.25) is 0 Å². The second-order valence-corrected chi connectivity index (χ2v) is 14.5. The van der Waals surface area contributed by atoms with Gasteiger partial charge in [-0.15, -0.1) is 0 Å². The van der Waals surface area contributed by atoms with Crippen LogP contribution in [0.5, 0.6) is 0 Å². The summed E-state index contributed by atoms with van der Waals surface area (Å²) in [5, 5.41) is 8.72. The Bertz CT molecular complexity index is 3090. The highest BCUT2D eigenvalue weighted by Crippen LogP contribution is 2.38. The van der Waals surface area contributed by atoms with E-state index in [1.165, 1.54) is 71.5 Å². The van der Waals surface area contributed by atoms with Crippen LogP contribution in [0.1, 0.15) is 11.6 Å². The van der Waals surface area contributed by atoms with Crippen LogP contribution in [0, 0.1) is 0 Å². The number of nitrogens with one attached hydrogen (secondary N) is 1. The highest BCUT2D eigenvalue weighted by atomic mass is 15.2. The van der Waals surface area contributed by atoms with E-state index in [9.17, 15) is 0 Å². The van der Waals surface area contributed by atoms with Crippen molar-refractivity contribution in [3.63, 3.8) is 0 Å². The Kier molecular flexibility index (Phi) is 7.52. The number of fused-ring (bicyclic) bond motifs is 6. The van der Waals surface area contributed by atoms with E-state index >= 15 is 0 Å². The van der Waals surface area contributed by atoms with Crippen molar-refractivity contribution in [2.75, 3.05) is 0 Å². The zero-order valence-corrected chi connectivity index (χ0v) is 30.5. The van der Waals surface area contributed by atoms with E-state index in [2.05, 4.69) is 215 Å². The van der Waals surface area contributed by atoms with E-state index in [-0.39, 0.29) is 6.04 Å². The predicted molar refractivity (Wildman–Crippen MR) is 234 cm³/mol. The van der Waals surface area contributed by atoms with Crippen LogP contribution in [0.25, 0.3) is 82.7 Å². The van der Waals surface area contributed by atoms with Gasteiger partial charge in [0.25, 0.3) is 0 Å². The van der Waals surface area contributed by atoms with Gasteiger partial charge in [0.1, 0.15) is 0 Å². The molecule has 11 rings (SSSR count). The Balaban J connectivity index is 1.00. The van der Waals surface area contributed by atoms with Crippen LogP contribution in [-0.4, -0.2) is 15.1 Å². The number of benzene rings is 8. The Morgan fingerprint density at radius 2 is 0.857 bits per heavy atom. The molecule has 1 aliphatic heterocycles. The van der Waals surface area contributed by atoms with E-state index in [4.69, 9.17) is 4.99 Å². The third-order valence-electron chi connectivity index (χ3n) is 11.2. The third-order valence-corrected chi connectivity index (χ3v) is 11.2. The maximum atomic E-state index is 4.97. The lowest BCUT2D eigenvalue weighted by Gasteiger charge is -2.24. The molecule has 0 saturated heterocycles. The van der Waals surface area contributed by atoms with Crippen molar-refractivity contribution in [2.45, 2.75) is 6.04 Å². The lowest BCUT2D eigenvalue weighted by molar-refractivity contribution is 0.756. The van der Waals surface area contributed by atoms with Crippen LogP contribution in [-0.2, 0) is 0 Å². The molecule has 1 atom stereocenters. The first-order valence-electron chi connectivity index (χ1n) is 19.2. The molecule has 4 nitrogen and oxygen atoms in total. The highest BCUT2D eigenvalue weighted by molar-refractivity contribution is 6.15. The summed E-state index contributed by atoms with van der Waals surface area (Å²) >= 11 is 0. The zero-order chi connectivity index (χ0) is 37.0. The number of rotatable bonds is 5. The molecule has 4 heteroatoms. The van der Waals surface area contributed by atoms with Crippen molar-refractivity contribution in [3.8, 4) is 39.1 Å². The lowest BCUT2D eigenvalue weighted by atomic mass is 9.93. The molecule has 0 radical (unpaired) electrons. The molecule has 0 saturated carbocycles. The summed E-state index contributed by atoms with van der Waals surface area (Å²) in [6, 6.07) is 69.8. The topological polar surface area (TPSA) is 34.2 Å². The average Bonchev–Trinajstić information content (AvgIpc) is 3.79. The normalized spacial score (nSPS) is 14.1. The summed E-state index contributed by atoms with van der Waals surface area (Å²) in [7, 11) is 0. The number of hydrogen-bond donors (Lipinski definition) is 1. The number of aromatic nitrogens is 2. The molecule has 1 N–H and O–H groups in total. The summed E-state index contributed by atoms with van der Waals surface area (Å²) in [6.45, 7) is 0. The standard InChI is InChI=1S/C52H36N4/c1-4-14-35(15-5-1)39-30-40(36-16-6-2-7-17-36)32-41(31-39)47-28-29-53-52(54-47)56-49-23-13-11-21-44(49)46-34-38(25-27-51(46)56)37-24-26-50-45(33-37)43-20-10-12-22-48(43)55(50)42-18-8-3-9-19-42/h1-34,47H,(H,53,54). The minimum atomic E-state index is -0.0751. The van der Waals surface area contributed by atoms with Gasteiger partial charge in [0.15, 0.2) is 0 Å². The molecular weight excluding hydrogens is 681 g/mol. The van der Waals surface area contributed by atoms with Gasteiger partial charge in [-0.3, -0.25) is 4.57 Å². The van der Waals surface area contributed by atoms with Crippen LogP contribution in [0.4, 0.5) is 0 Å². The van der Waals surface area contributed by atoms with Crippen molar-refractivity contribution in [1.29, 1.82) is 0 Å². The lowest BCUT2D eigenvalue weighted by Crippen LogP contribution is -2.34. The van der Waals surface area contributed by atoms with E-state index in [0.717, 1.165) is 22.7 Å². The number of hydrogen-bond acceptors (Lipinski definition) is 2. The second-order valence-electron chi connectivity index (χ2n) is 14.5. The number of aliphatic imine (C=N–C) groups is 1. The van der Waals surface area contributed by atoms with E-state index in [1.807, 2.05) is 6.20 Å². The van der Waals surface area contributed by atoms with E-state index in [1.54, 1.807) is 0 Å².